The number of Topliss-reactive ketones (excluding diaryl/α,β-unsaturated/α-hetero) is 1. The summed E-state index contributed by atoms with van der Waals surface area (Å²) >= 11 is 0. The molecule has 0 radical (unpaired) electrons. The lowest BCUT2D eigenvalue weighted by molar-refractivity contribution is -0.128. The molecule has 1 rings (SSSR count). The summed E-state index contributed by atoms with van der Waals surface area (Å²) in [5.41, 5.74) is 0.434. The molecule has 0 aliphatic rings. The van der Waals surface area contributed by atoms with Crippen LogP contribution in [-0.4, -0.2) is 25.3 Å². The van der Waals surface area contributed by atoms with Crippen LogP contribution in [0.1, 0.15) is 26.3 Å². The van der Waals surface area contributed by atoms with Gasteiger partial charge in [-0.1, -0.05) is 32.9 Å². The van der Waals surface area contributed by atoms with Crippen LogP contribution in [0.25, 0.3) is 0 Å². The first-order valence-corrected chi connectivity index (χ1v) is 6.26. The molecule has 1 amide bonds. The lowest BCUT2D eigenvalue weighted by Crippen LogP contribution is -2.36. The highest BCUT2D eigenvalue weighted by atomic mass is 16.5. The summed E-state index contributed by atoms with van der Waals surface area (Å²) in [7, 11) is 1.58. The maximum Gasteiger partial charge on any atom is 0.224 e. The molecule has 0 aromatic heterocycles. The third kappa shape index (κ3) is 5.12. The number of amides is 1. The van der Waals surface area contributed by atoms with Crippen molar-refractivity contribution in [1.82, 2.24) is 5.32 Å². The normalized spacial score (nSPS) is 10.9. The van der Waals surface area contributed by atoms with Crippen LogP contribution in [0.2, 0.25) is 0 Å². The first kappa shape index (κ1) is 15.2. The van der Waals surface area contributed by atoms with Crippen molar-refractivity contribution in [2.45, 2.75) is 27.2 Å². The number of benzene rings is 1. The van der Waals surface area contributed by atoms with Gasteiger partial charge in [0.05, 0.1) is 20.1 Å². The highest BCUT2D eigenvalue weighted by Gasteiger charge is 2.21. The van der Waals surface area contributed by atoms with Gasteiger partial charge >= 0.3 is 0 Å². The van der Waals surface area contributed by atoms with Crippen LogP contribution in [-0.2, 0) is 16.0 Å². The monoisotopic (exact) mass is 263 g/mol. The van der Waals surface area contributed by atoms with Gasteiger partial charge in [0.15, 0.2) is 5.78 Å². The Balaban J connectivity index is 2.49. The van der Waals surface area contributed by atoms with Crippen LogP contribution in [0.3, 0.4) is 0 Å². The molecule has 1 aromatic rings. The zero-order valence-electron chi connectivity index (χ0n) is 11.9. The second-order valence-corrected chi connectivity index (χ2v) is 5.48. The van der Waals surface area contributed by atoms with Crippen LogP contribution in [0, 0.1) is 5.41 Å². The van der Waals surface area contributed by atoms with E-state index in [4.69, 9.17) is 4.74 Å². The van der Waals surface area contributed by atoms with Crippen molar-refractivity contribution in [2.75, 3.05) is 13.7 Å². The molecule has 0 fully saturated rings. The van der Waals surface area contributed by atoms with Crippen molar-refractivity contribution in [3.8, 4) is 5.75 Å². The molecule has 0 saturated heterocycles. The van der Waals surface area contributed by atoms with Crippen LogP contribution in [0.5, 0.6) is 5.75 Å². The van der Waals surface area contributed by atoms with E-state index in [2.05, 4.69) is 5.32 Å². The van der Waals surface area contributed by atoms with Gasteiger partial charge in [0.1, 0.15) is 5.75 Å². The van der Waals surface area contributed by atoms with Crippen LogP contribution in [0.4, 0.5) is 0 Å². The summed E-state index contributed by atoms with van der Waals surface area (Å²) in [5, 5.41) is 2.65. The molecule has 0 atom stereocenters. The molecule has 1 N–H and O–H groups in total. The highest BCUT2D eigenvalue weighted by molar-refractivity contribution is 5.89. The van der Waals surface area contributed by atoms with Gasteiger partial charge in [-0.25, -0.2) is 0 Å². The molecule has 4 nitrogen and oxygen atoms in total. The van der Waals surface area contributed by atoms with Crippen molar-refractivity contribution in [2.24, 2.45) is 5.41 Å². The fourth-order valence-corrected chi connectivity index (χ4v) is 1.47. The first-order valence-electron chi connectivity index (χ1n) is 6.26. The predicted octanol–water partition coefficient (Wildman–Crippen LogP) is 1.97. The Bertz CT molecular complexity index is 461. The minimum Gasteiger partial charge on any atom is -0.497 e. The molecule has 0 saturated carbocycles. The summed E-state index contributed by atoms with van der Waals surface area (Å²) in [6.07, 6.45) is 0.245. The fourth-order valence-electron chi connectivity index (χ4n) is 1.47. The molecule has 0 heterocycles. The van der Waals surface area contributed by atoms with Crippen LogP contribution < -0.4 is 10.1 Å². The van der Waals surface area contributed by atoms with Crippen LogP contribution >= 0.6 is 0 Å². The first-order chi connectivity index (χ1) is 8.82. The number of hydrogen-bond donors (Lipinski definition) is 1. The van der Waals surface area contributed by atoms with Crippen molar-refractivity contribution in [3.05, 3.63) is 29.8 Å². The van der Waals surface area contributed by atoms with Gasteiger partial charge in [-0.15, -0.1) is 0 Å². The summed E-state index contributed by atoms with van der Waals surface area (Å²) in [6.45, 7) is 5.59. The molecule has 0 spiro atoms. The van der Waals surface area contributed by atoms with Crippen molar-refractivity contribution >= 4 is 11.7 Å². The largest absolute Gasteiger partial charge is 0.497 e. The van der Waals surface area contributed by atoms with Gasteiger partial charge in [0, 0.05) is 5.41 Å². The van der Waals surface area contributed by atoms with Gasteiger partial charge in [0.2, 0.25) is 5.91 Å². The average Bonchev–Trinajstić information content (AvgIpc) is 2.35. The minimum atomic E-state index is -0.427. The van der Waals surface area contributed by atoms with E-state index in [1.807, 2.05) is 45.0 Å². The summed E-state index contributed by atoms with van der Waals surface area (Å²) in [6, 6.07) is 7.32. The maximum absolute atomic E-state index is 11.7. The number of carbonyl (C=O) groups excluding carboxylic acids is 2. The van der Waals surface area contributed by atoms with Gasteiger partial charge in [0.25, 0.3) is 0 Å². The average molecular weight is 263 g/mol. The van der Waals surface area contributed by atoms with E-state index >= 15 is 0 Å². The minimum absolute atomic E-state index is 0.0199. The molecule has 104 valence electrons. The topological polar surface area (TPSA) is 55.4 Å². The van der Waals surface area contributed by atoms with E-state index in [0.717, 1.165) is 11.3 Å². The predicted molar refractivity (Wildman–Crippen MR) is 74.2 cm³/mol. The molecule has 0 aliphatic heterocycles. The molecule has 0 unspecified atom stereocenters. The lowest BCUT2D eigenvalue weighted by atomic mass is 9.91. The Labute approximate surface area is 114 Å². The molecular formula is C15H21NO3. The van der Waals surface area contributed by atoms with Gasteiger partial charge in [-0.05, 0) is 17.7 Å². The van der Waals surface area contributed by atoms with Crippen molar-refractivity contribution < 1.29 is 14.3 Å². The van der Waals surface area contributed by atoms with Gasteiger partial charge < -0.3 is 10.1 Å². The Kier molecular flexibility index (Phi) is 5.10. The Hall–Kier alpha value is -1.84. The molecular weight excluding hydrogens is 242 g/mol. The van der Waals surface area contributed by atoms with E-state index in [0.29, 0.717) is 0 Å². The highest BCUT2D eigenvalue weighted by Crippen LogP contribution is 2.14. The number of nitrogens with one attached hydrogen (secondary N) is 1. The Morgan fingerprint density at radius 2 is 1.95 bits per heavy atom. The number of carbonyl (C=O) groups is 2. The summed E-state index contributed by atoms with van der Waals surface area (Å²) < 4.78 is 5.09. The second kappa shape index (κ2) is 6.36. The summed E-state index contributed by atoms with van der Waals surface area (Å²) in [4.78, 5) is 23.4. The van der Waals surface area contributed by atoms with Crippen molar-refractivity contribution in [1.29, 1.82) is 0 Å². The van der Waals surface area contributed by atoms with E-state index < -0.39 is 5.41 Å². The number of methoxy groups -OCH3 is 1. The molecule has 1 aromatic carbocycles. The Morgan fingerprint density at radius 3 is 2.53 bits per heavy atom. The van der Waals surface area contributed by atoms with Crippen LogP contribution in [0.15, 0.2) is 24.3 Å². The smallest absolute Gasteiger partial charge is 0.224 e. The number of ketones is 1. The number of hydrogen-bond acceptors (Lipinski definition) is 3. The van der Waals surface area contributed by atoms with E-state index in [-0.39, 0.29) is 24.7 Å². The zero-order valence-corrected chi connectivity index (χ0v) is 11.9. The molecule has 0 bridgehead atoms. The SMILES string of the molecule is COc1cccc(CC(=O)NCC(=O)C(C)(C)C)c1. The second-order valence-electron chi connectivity index (χ2n) is 5.48. The maximum atomic E-state index is 11.7. The van der Waals surface area contributed by atoms with E-state index in [9.17, 15) is 9.59 Å². The molecule has 0 aliphatic carbocycles. The van der Waals surface area contributed by atoms with Gasteiger partial charge in [-0.3, -0.25) is 9.59 Å². The quantitative estimate of drug-likeness (QED) is 0.883. The zero-order chi connectivity index (χ0) is 14.5. The third-order valence-corrected chi connectivity index (χ3v) is 2.78. The number of rotatable bonds is 5. The molecule has 4 heteroatoms. The number of ether oxygens (including phenoxy) is 1. The fraction of sp³-hybridized carbons (Fsp3) is 0.467. The molecule has 19 heavy (non-hydrogen) atoms. The van der Waals surface area contributed by atoms with E-state index in [1.54, 1.807) is 7.11 Å². The van der Waals surface area contributed by atoms with Gasteiger partial charge in [-0.2, -0.15) is 0 Å². The standard InChI is InChI=1S/C15H21NO3/c1-15(2,3)13(17)10-16-14(18)9-11-6-5-7-12(8-11)19-4/h5-8H,9-10H2,1-4H3,(H,16,18). The Morgan fingerprint density at radius 1 is 1.26 bits per heavy atom. The lowest BCUT2D eigenvalue weighted by Gasteiger charge is -2.16. The van der Waals surface area contributed by atoms with Crippen molar-refractivity contribution in [3.63, 3.8) is 0 Å². The third-order valence-electron chi connectivity index (χ3n) is 2.78. The van der Waals surface area contributed by atoms with E-state index in [1.165, 1.54) is 0 Å². The summed E-state index contributed by atoms with van der Waals surface area (Å²) in [5.74, 6) is 0.577.